The Morgan fingerprint density at radius 3 is 2.17 bits per heavy atom. The highest BCUT2D eigenvalue weighted by Gasteiger charge is 2.51. The molecule has 0 radical (unpaired) electrons. The van der Waals surface area contributed by atoms with Crippen molar-refractivity contribution >= 4 is 12.1 Å². The molecular weight excluding hydrogens is 248 g/mol. The Balaban J connectivity index is 1.90. The molecule has 2 fully saturated rings. The third kappa shape index (κ3) is 2.53. The van der Waals surface area contributed by atoms with Crippen LogP contribution < -0.4 is 11.6 Å². The smallest absolute Gasteiger partial charge is 0.456 e. The fourth-order valence-electron chi connectivity index (χ4n) is 2.00. The minimum Gasteiger partial charge on any atom is -0.456 e. The van der Waals surface area contributed by atoms with Crippen LogP contribution in [0.4, 0.5) is 4.79 Å². The van der Waals surface area contributed by atoms with E-state index in [2.05, 4.69) is 10.7 Å². The highest BCUT2D eigenvalue weighted by molar-refractivity contribution is 5.71. The van der Waals surface area contributed by atoms with Gasteiger partial charge in [-0.1, -0.05) is 0 Å². The molecule has 102 valence electrons. The lowest BCUT2D eigenvalue weighted by Gasteiger charge is -2.16. The molecule has 2 saturated heterocycles. The van der Waals surface area contributed by atoms with E-state index in [9.17, 15) is 9.59 Å². The normalized spacial score (nSPS) is 33.9. The molecule has 2 rings (SSSR count). The lowest BCUT2D eigenvalue weighted by molar-refractivity contribution is -0.152. The van der Waals surface area contributed by atoms with Crippen LogP contribution in [0, 0.1) is 0 Å². The third-order valence-electron chi connectivity index (χ3n) is 2.76. The van der Waals surface area contributed by atoms with E-state index in [1.54, 1.807) is 0 Å². The predicted octanol–water partition coefficient (Wildman–Crippen LogP) is -1.95. The van der Waals surface area contributed by atoms with Crippen molar-refractivity contribution in [2.75, 3.05) is 19.8 Å². The van der Waals surface area contributed by atoms with Crippen LogP contribution in [0.25, 0.3) is 0 Å². The number of nitrogens with two attached hydrogens (primary N) is 2. The van der Waals surface area contributed by atoms with Gasteiger partial charge in [-0.2, -0.15) is 5.90 Å². The molecule has 2 aliphatic rings. The molecule has 4 N–H and O–H groups in total. The van der Waals surface area contributed by atoms with Crippen molar-refractivity contribution in [2.45, 2.75) is 24.4 Å². The maximum atomic E-state index is 11.1. The molecule has 0 aromatic rings. The van der Waals surface area contributed by atoms with E-state index in [0.29, 0.717) is 0 Å². The second kappa shape index (κ2) is 5.48. The molecule has 9 nitrogen and oxygen atoms in total. The zero-order valence-corrected chi connectivity index (χ0v) is 9.44. The van der Waals surface area contributed by atoms with E-state index in [1.807, 2.05) is 0 Å². The number of hydrogen-bond acceptors (Lipinski definition) is 9. The molecule has 18 heavy (non-hydrogen) atoms. The number of fused-ring (bicyclic) bond motifs is 1. The number of esters is 1. The molecule has 0 aromatic heterocycles. The van der Waals surface area contributed by atoms with Crippen LogP contribution >= 0.6 is 0 Å². The lowest BCUT2D eigenvalue weighted by atomic mass is 10.1. The fraction of sp³-hybridized carbons (Fsp3) is 0.778. The standard InChI is InChI=1S/C9H14N2O7/c10-1-6(12)16-4-2-14-8-5(3-15-7(4)8)17-9(13)18-11/h4-5,7-8H,1-3,10-11H2. The van der Waals surface area contributed by atoms with E-state index in [4.69, 9.17) is 24.7 Å². The van der Waals surface area contributed by atoms with E-state index >= 15 is 0 Å². The first kappa shape index (κ1) is 13.0. The fourth-order valence-corrected chi connectivity index (χ4v) is 2.00. The van der Waals surface area contributed by atoms with Gasteiger partial charge in [0.15, 0.2) is 12.2 Å². The summed E-state index contributed by atoms with van der Waals surface area (Å²) in [4.78, 5) is 25.9. The van der Waals surface area contributed by atoms with Crippen LogP contribution in [-0.2, 0) is 28.6 Å². The van der Waals surface area contributed by atoms with Gasteiger partial charge in [-0.25, -0.2) is 4.79 Å². The monoisotopic (exact) mass is 262 g/mol. The number of hydrogen-bond donors (Lipinski definition) is 2. The summed E-state index contributed by atoms with van der Waals surface area (Å²) < 4.78 is 20.6. The highest BCUT2D eigenvalue weighted by Crippen LogP contribution is 2.30. The van der Waals surface area contributed by atoms with Crippen LogP contribution in [0.1, 0.15) is 0 Å². The second-order valence-electron chi connectivity index (χ2n) is 3.85. The highest BCUT2D eigenvalue weighted by atomic mass is 16.8. The molecule has 2 heterocycles. The molecule has 9 heteroatoms. The molecule has 0 aromatic carbocycles. The lowest BCUT2D eigenvalue weighted by Crippen LogP contribution is -2.37. The van der Waals surface area contributed by atoms with Crippen molar-refractivity contribution in [2.24, 2.45) is 11.6 Å². The van der Waals surface area contributed by atoms with Crippen molar-refractivity contribution in [1.82, 2.24) is 0 Å². The predicted molar refractivity (Wildman–Crippen MR) is 54.0 cm³/mol. The molecule has 0 bridgehead atoms. The minimum absolute atomic E-state index is 0.126. The molecule has 0 saturated carbocycles. The largest absolute Gasteiger partial charge is 0.527 e. The van der Waals surface area contributed by atoms with Crippen molar-refractivity contribution < 1.29 is 33.4 Å². The average Bonchev–Trinajstić information content (AvgIpc) is 2.93. The summed E-state index contributed by atoms with van der Waals surface area (Å²) in [5.41, 5.74) is 5.14. The van der Waals surface area contributed by atoms with Gasteiger partial charge in [0.1, 0.15) is 12.2 Å². The Labute approximate surface area is 102 Å². The van der Waals surface area contributed by atoms with Gasteiger partial charge >= 0.3 is 12.1 Å². The summed E-state index contributed by atoms with van der Waals surface area (Å²) in [6.07, 6.45) is -3.17. The zero-order chi connectivity index (χ0) is 13.1. The first-order chi connectivity index (χ1) is 8.65. The Morgan fingerprint density at radius 2 is 1.67 bits per heavy atom. The van der Waals surface area contributed by atoms with E-state index < -0.39 is 36.5 Å². The average molecular weight is 262 g/mol. The summed E-state index contributed by atoms with van der Waals surface area (Å²) in [7, 11) is 0. The zero-order valence-electron chi connectivity index (χ0n) is 9.44. The molecule has 4 unspecified atom stereocenters. The van der Waals surface area contributed by atoms with E-state index in [0.717, 1.165) is 0 Å². The van der Waals surface area contributed by atoms with Gasteiger partial charge in [-0.3, -0.25) is 4.79 Å². The van der Waals surface area contributed by atoms with Crippen molar-refractivity contribution in [3.63, 3.8) is 0 Å². The number of rotatable bonds is 3. The summed E-state index contributed by atoms with van der Waals surface area (Å²) in [5, 5.41) is 0. The molecule has 2 aliphatic heterocycles. The van der Waals surface area contributed by atoms with Crippen LogP contribution in [-0.4, -0.2) is 56.3 Å². The third-order valence-corrected chi connectivity index (χ3v) is 2.76. The van der Waals surface area contributed by atoms with Crippen molar-refractivity contribution in [3.8, 4) is 0 Å². The molecule has 4 atom stereocenters. The molecule has 0 amide bonds. The van der Waals surface area contributed by atoms with Crippen LogP contribution in [0.15, 0.2) is 0 Å². The number of carbonyl (C=O) groups excluding carboxylic acids is 2. The van der Waals surface area contributed by atoms with Crippen molar-refractivity contribution in [3.05, 3.63) is 0 Å². The van der Waals surface area contributed by atoms with Gasteiger partial charge in [0.25, 0.3) is 0 Å². The summed E-state index contributed by atoms with van der Waals surface area (Å²) >= 11 is 0. The van der Waals surface area contributed by atoms with Crippen molar-refractivity contribution in [1.29, 1.82) is 0 Å². The topological polar surface area (TPSA) is 132 Å². The number of carbonyl (C=O) groups is 2. The summed E-state index contributed by atoms with van der Waals surface area (Å²) in [6.45, 7) is 0.0764. The van der Waals surface area contributed by atoms with Crippen LogP contribution in [0.5, 0.6) is 0 Å². The van der Waals surface area contributed by atoms with Gasteiger partial charge in [-0.15, -0.1) is 0 Å². The quantitative estimate of drug-likeness (QED) is 0.439. The Hall–Kier alpha value is -1.42. The van der Waals surface area contributed by atoms with E-state index in [-0.39, 0.29) is 19.8 Å². The first-order valence-electron chi connectivity index (χ1n) is 5.35. The van der Waals surface area contributed by atoms with Gasteiger partial charge in [0.2, 0.25) is 0 Å². The molecule has 0 spiro atoms. The molecular formula is C9H14N2O7. The summed E-state index contributed by atoms with van der Waals surface area (Å²) in [6, 6.07) is 0. The van der Waals surface area contributed by atoms with Crippen LogP contribution in [0.2, 0.25) is 0 Å². The molecule has 0 aliphatic carbocycles. The van der Waals surface area contributed by atoms with Gasteiger partial charge in [0.05, 0.1) is 19.8 Å². The SMILES string of the molecule is NCC(=O)OC1COC2C(OC(=O)ON)COC12. The summed E-state index contributed by atoms with van der Waals surface area (Å²) in [5.74, 6) is 4.12. The second-order valence-corrected chi connectivity index (χ2v) is 3.85. The Kier molecular flexibility index (Phi) is 3.97. The Bertz CT molecular complexity index is 305. The Morgan fingerprint density at radius 1 is 1.11 bits per heavy atom. The van der Waals surface area contributed by atoms with E-state index in [1.165, 1.54) is 0 Å². The minimum atomic E-state index is -1.02. The van der Waals surface area contributed by atoms with Gasteiger partial charge < -0.3 is 29.5 Å². The van der Waals surface area contributed by atoms with Gasteiger partial charge in [-0.05, 0) is 0 Å². The maximum absolute atomic E-state index is 11.1. The van der Waals surface area contributed by atoms with Gasteiger partial charge in [0, 0.05) is 0 Å². The first-order valence-corrected chi connectivity index (χ1v) is 5.35. The maximum Gasteiger partial charge on any atom is 0.527 e. The number of ether oxygens (including phenoxy) is 4. The van der Waals surface area contributed by atoms with Crippen LogP contribution in [0.3, 0.4) is 0 Å².